The van der Waals surface area contributed by atoms with Gasteiger partial charge in [0.15, 0.2) is 0 Å². The second-order valence-corrected chi connectivity index (χ2v) is 5.11. The highest BCUT2D eigenvalue weighted by Crippen LogP contribution is 2.11. The Bertz CT molecular complexity index is 411. The van der Waals surface area contributed by atoms with Crippen LogP contribution in [0.2, 0.25) is 0 Å². The van der Waals surface area contributed by atoms with Crippen molar-refractivity contribution < 1.29 is 4.79 Å². The third kappa shape index (κ3) is 3.76. The highest BCUT2D eigenvalue weighted by Gasteiger charge is 2.22. The van der Waals surface area contributed by atoms with Crippen LogP contribution in [0, 0.1) is 0 Å². The van der Waals surface area contributed by atoms with Gasteiger partial charge in [0.2, 0.25) is 5.91 Å². The van der Waals surface area contributed by atoms with Gasteiger partial charge in [-0.25, -0.2) is 4.98 Å². The van der Waals surface area contributed by atoms with Crippen molar-refractivity contribution in [2.75, 3.05) is 19.6 Å². The first kappa shape index (κ1) is 14.0. The molecule has 1 aromatic rings. The van der Waals surface area contributed by atoms with Crippen LogP contribution in [0.5, 0.6) is 0 Å². The molecule has 106 valence electrons. The monoisotopic (exact) mass is 265 g/mol. The third-order valence-corrected chi connectivity index (χ3v) is 3.77. The Morgan fingerprint density at radius 1 is 1.42 bits per heavy atom. The lowest BCUT2D eigenvalue weighted by Gasteiger charge is -2.31. The van der Waals surface area contributed by atoms with Gasteiger partial charge < -0.3 is 5.32 Å². The predicted octanol–water partition coefficient (Wildman–Crippen LogP) is 0.348. The van der Waals surface area contributed by atoms with Gasteiger partial charge in [-0.1, -0.05) is 6.42 Å². The van der Waals surface area contributed by atoms with Gasteiger partial charge in [0.1, 0.15) is 12.2 Å². The topological polar surface area (TPSA) is 63.1 Å². The molecule has 19 heavy (non-hydrogen) atoms. The smallest absolute Gasteiger partial charge is 0.237 e. The molecule has 2 rings (SSSR count). The maximum absolute atomic E-state index is 12.1. The van der Waals surface area contributed by atoms with Gasteiger partial charge in [-0.3, -0.25) is 14.4 Å². The summed E-state index contributed by atoms with van der Waals surface area (Å²) >= 11 is 0. The molecule has 0 spiro atoms. The van der Waals surface area contributed by atoms with E-state index in [4.69, 9.17) is 0 Å². The highest BCUT2D eigenvalue weighted by atomic mass is 16.2. The number of hydrogen-bond donors (Lipinski definition) is 1. The van der Waals surface area contributed by atoms with Gasteiger partial charge in [-0.15, -0.1) is 0 Å². The third-order valence-electron chi connectivity index (χ3n) is 3.77. The summed E-state index contributed by atoms with van der Waals surface area (Å²) in [6, 6.07) is -0.0280. The Kier molecular flexibility index (Phi) is 4.90. The highest BCUT2D eigenvalue weighted by molar-refractivity contribution is 5.81. The Hall–Kier alpha value is -1.43. The quantitative estimate of drug-likeness (QED) is 0.834. The minimum atomic E-state index is -0.0280. The molecule has 1 N–H and O–H groups in total. The Balaban J connectivity index is 1.73. The number of piperidine rings is 1. The van der Waals surface area contributed by atoms with E-state index >= 15 is 0 Å². The normalized spacial score (nSPS) is 18.2. The Labute approximate surface area is 114 Å². The van der Waals surface area contributed by atoms with E-state index in [1.165, 1.54) is 25.6 Å². The summed E-state index contributed by atoms with van der Waals surface area (Å²) in [5, 5.41) is 6.99. The fourth-order valence-electron chi connectivity index (χ4n) is 2.46. The van der Waals surface area contributed by atoms with E-state index in [0.29, 0.717) is 6.54 Å². The van der Waals surface area contributed by atoms with Gasteiger partial charge in [0.05, 0.1) is 6.04 Å². The van der Waals surface area contributed by atoms with Crippen molar-refractivity contribution in [1.29, 1.82) is 0 Å². The molecule has 1 fully saturated rings. The average Bonchev–Trinajstić information content (AvgIpc) is 2.84. The van der Waals surface area contributed by atoms with E-state index in [-0.39, 0.29) is 11.9 Å². The molecule has 1 aromatic heterocycles. The molecular formula is C13H23N5O. The number of nitrogens with one attached hydrogen (secondary N) is 1. The molecule has 0 saturated carbocycles. The fourth-order valence-corrected chi connectivity index (χ4v) is 2.46. The minimum Gasteiger partial charge on any atom is -0.354 e. The van der Waals surface area contributed by atoms with Gasteiger partial charge >= 0.3 is 0 Å². The standard InChI is InChI=1S/C13H23N5O/c1-11(18-8-4-3-5-9-18)13(19)14-7-6-12-15-10-16-17(12)2/h10-11H,3-9H2,1-2H3,(H,14,19). The summed E-state index contributed by atoms with van der Waals surface area (Å²) in [5.41, 5.74) is 0. The van der Waals surface area contributed by atoms with Crippen molar-refractivity contribution in [3.05, 3.63) is 12.2 Å². The zero-order valence-electron chi connectivity index (χ0n) is 11.8. The van der Waals surface area contributed by atoms with E-state index in [9.17, 15) is 4.79 Å². The van der Waals surface area contributed by atoms with Gasteiger partial charge in [0, 0.05) is 20.0 Å². The largest absolute Gasteiger partial charge is 0.354 e. The van der Waals surface area contributed by atoms with Crippen LogP contribution in [0.1, 0.15) is 32.0 Å². The number of hydrogen-bond acceptors (Lipinski definition) is 4. The van der Waals surface area contributed by atoms with Crippen LogP contribution in [0.25, 0.3) is 0 Å². The molecule has 1 unspecified atom stereocenters. The summed E-state index contributed by atoms with van der Waals surface area (Å²) in [4.78, 5) is 18.5. The Morgan fingerprint density at radius 2 is 2.16 bits per heavy atom. The van der Waals surface area contributed by atoms with E-state index in [2.05, 4.69) is 20.3 Å². The molecule has 2 heterocycles. The van der Waals surface area contributed by atoms with E-state index in [0.717, 1.165) is 25.3 Å². The SMILES string of the molecule is CC(C(=O)NCCc1ncnn1C)N1CCCCC1. The second-order valence-electron chi connectivity index (χ2n) is 5.11. The van der Waals surface area contributed by atoms with Crippen molar-refractivity contribution >= 4 is 5.91 Å². The molecule has 1 atom stereocenters. The molecule has 6 heteroatoms. The molecule has 1 amide bonds. The summed E-state index contributed by atoms with van der Waals surface area (Å²) in [7, 11) is 1.86. The van der Waals surface area contributed by atoms with Crippen molar-refractivity contribution in [3.8, 4) is 0 Å². The summed E-state index contributed by atoms with van der Waals surface area (Å²) in [5.74, 6) is 1.01. The first-order valence-corrected chi connectivity index (χ1v) is 7.03. The van der Waals surface area contributed by atoms with E-state index in [1.807, 2.05) is 14.0 Å². The number of aromatic nitrogens is 3. The van der Waals surface area contributed by atoms with Gasteiger partial charge in [-0.05, 0) is 32.9 Å². The lowest BCUT2D eigenvalue weighted by molar-refractivity contribution is -0.126. The van der Waals surface area contributed by atoms with E-state index < -0.39 is 0 Å². The van der Waals surface area contributed by atoms with Crippen LogP contribution >= 0.6 is 0 Å². The maximum Gasteiger partial charge on any atom is 0.237 e. The van der Waals surface area contributed by atoms with Crippen LogP contribution < -0.4 is 5.32 Å². The lowest BCUT2D eigenvalue weighted by Crippen LogP contribution is -2.47. The number of likely N-dealkylation sites (tertiary alicyclic amines) is 1. The molecule has 1 aliphatic heterocycles. The number of aryl methyl sites for hydroxylation is 1. The molecule has 1 saturated heterocycles. The summed E-state index contributed by atoms with van der Waals surface area (Å²) < 4.78 is 1.74. The number of nitrogens with zero attached hydrogens (tertiary/aromatic N) is 4. The summed E-state index contributed by atoms with van der Waals surface area (Å²) in [6.45, 7) is 4.68. The Morgan fingerprint density at radius 3 is 2.79 bits per heavy atom. The fraction of sp³-hybridized carbons (Fsp3) is 0.769. The van der Waals surface area contributed by atoms with Crippen LogP contribution in [0.4, 0.5) is 0 Å². The van der Waals surface area contributed by atoms with Gasteiger partial charge in [0.25, 0.3) is 0 Å². The van der Waals surface area contributed by atoms with E-state index in [1.54, 1.807) is 4.68 Å². The molecular weight excluding hydrogens is 242 g/mol. The zero-order valence-corrected chi connectivity index (χ0v) is 11.8. The minimum absolute atomic E-state index is 0.0280. The molecule has 0 aromatic carbocycles. The molecule has 0 radical (unpaired) electrons. The first-order chi connectivity index (χ1) is 9.18. The maximum atomic E-state index is 12.1. The van der Waals surface area contributed by atoms with Crippen molar-refractivity contribution in [2.45, 2.75) is 38.6 Å². The lowest BCUT2D eigenvalue weighted by atomic mass is 10.1. The summed E-state index contributed by atoms with van der Waals surface area (Å²) in [6.07, 6.45) is 5.95. The van der Waals surface area contributed by atoms with Gasteiger partial charge in [-0.2, -0.15) is 5.10 Å². The number of carbonyl (C=O) groups excluding carboxylic acids is 1. The van der Waals surface area contributed by atoms with Crippen molar-refractivity contribution in [1.82, 2.24) is 25.0 Å². The average molecular weight is 265 g/mol. The molecule has 6 nitrogen and oxygen atoms in total. The molecule has 0 aliphatic carbocycles. The zero-order chi connectivity index (χ0) is 13.7. The number of rotatable bonds is 5. The number of amides is 1. The van der Waals surface area contributed by atoms with Crippen LogP contribution in [0.15, 0.2) is 6.33 Å². The number of carbonyl (C=O) groups is 1. The second kappa shape index (κ2) is 6.65. The van der Waals surface area contributed by atoms with Crippen molar-refractivity contribution in [2.24, 2.45) is 7.05 Å². The predicted molar refractivity (Wildman–Crippen MR) is 72.6 cm³/mol. The van der Waals surface area contributed by atoms with Crippen LogP contribution in [-0.4, -0.2) is 51.2 Å². The molecule has 1 aliphatic rings. The van der Waals surface area contributed by atoms with Crippen LogP contribution in [0.3, 0.4) is 0 Å². The first-order valence-electron chi connectivity index (χ1n) is 7.03. The van der Waals surface area contributed by atoms with Crippen LogP contribution in [-0.2, 0) is 18.3 Å². The van der Waals surface area contributed by atoms with Crippen molar-refractivity contribution in [3.63, 3.8) is 0 Å². The molecule has 0 bridgehead atoms.